The van der Waals surface area contributed by atoms with Crippen LogP contribution in [0.3, 0.4) is 0 Å². The van der Waals surface area contributed by atoms with E-state index in [0.29, 0.717) is 6.04 Å². The molecule has 1 fully saturated rings. The monoisotopic (exact) mass is 127 g/mol. The van der Waals surface area contributed by atoms with Gasteiger partial charge in [-0.1, -0.05) is 6.08 Å². The molecule has 1 aliphatic rings. The van der Waals surface area contributed by atoms with E-state index in [4.69, 9.17) is 5.11 Å². The van der Waals surface area contributed by atoms with Gasteiger partial charge in [0.15, 0.2) is 0 Å². The molecule has 1 saturated heterocycles. The highest BCUT2D eigenvalue weighted by Gasteiger charge is 2.24. The fourth-order valence-corrected chi connectivity index (χ4v) is 1.28. The van der Waals surface area contributed by atoms with Crippen molar-refractivity contribution in [3.63, 3.8) is 0 Å². The number of likely N-dealkylation sites (tertiary alicyclic amines) is 1. The van der Waals surface area contributed by atoms with E-state index < -0.39 is 0 Å². The molecular formula is C7H13NO. The summed E-state index contributed by atoms with van der Waals surface area (Å²) < 4.78 is 0. The molecule has 52 valence electrons. The van der Waals surface area contributed by atoms with Crippen LogP contribution in [0.4, 0.5) is 0 Å². The molecule has 0 aromatic carbocycles. The minimum absolute atomic E-state index is 0.141. The van der Waals surface area contributed by atoms with Crippen LogP contribution in [0.5, 0.6) is 0 Å². The van der Waals surface area contributed by atoms with Crippen LogP contribution >= 0.6 is 0 Å². The predicted octanol–water partition coefficient (Wildman–Crippen LogP) is 0.237. The molecule has 2 heteroatoms. The average Bonchev–Trinajstić information content (AvgIpc) is 2.10. The summed E-state index contributed by atoms with van der Waals surface area (Å²) in [5.74, 6) is 0. The molecule has 0 aliphatic carbocycles. The first-order chi connectivity index (χ1) is 4.24. The summed E-state index contributed by atoms with van der Waals surface area (Å²) in [6.45, 7) is 4.46. The summed E-state index contributed by atoms with van der Waals surface area (Å²) in [5.41, 5.74) is 0. The molecule has 0 aromatic heterocycles. The van der Waals surface area contributed by atoms with Crippen molar-refractivity contribution in [3.8, 4) is 0 Å². The van der Waals surface area contributed by atoms with Gasteiger partial charge in [0, 0.05) is 12.6 Å². The van der Waals surface area contributed by atoms with Crippen molar-refractivity contribution in [2.45, 2.75) is 18.6 Å². The summed E-state index contributed by atoms with van der Waals surface area (Å²) in [6, 6.07) is 0.389. The Kier molecular flexibility index (Phi) is 1.88. The summed E-state index contributed by atoms with van der Waals surface area (Å²) in [6.07, 6.45) is 2.59. The minimum Gasteiger partial charge on any atom is -0.392 e. The molecule has 0 unspecified atom stereocenters. The molecule has 2 nitrogen and oxygen atoms in total. The van der Waals surface area contributed by atoms with E-state index in [1.165, 1.54) is 0 Å². The second-order valence-corrected chi connectivity index (χ2v) is 2.63. The molecule has 1 N–H and O–H groups in total. The van der Waals surface area contributed by atoms with Crippen molar-refractivity contribution >= 4 is 0 Å². The van der Waals surface area contributed by atoms with Crippen LogP contribution in [0.1, 0.15) is 6.42 Å². The molecule has 1 heterocycles. The van der Waals surface area contributed by atoms with Gasteiger partial charge in [-0.15, -0.1) is 6.58 Å². The third-order valence-corrected chi connectivity index (χ3v) is 1.85. The van der Waals surface area contributed by atoms with Gasteiger partial charge in [-0.3, -0.25) is 4.90 Å². The van der Waals surface area contributed by atoms with E-state index in [1.54, 1.807) is 0 Å². The zero-order chi connectivity index (χ0) is 6.85. The van der Waals surface area contributed by atoms with Gasteiger partial charge < -0.3 is 5.11 Å². The first-order valence-corrected chi connectivity index (χ1v) is 3.25. The molecule has 1 aliphatic heterocycles. The lowest BCUT2D eigenvalue weighted by Gasteiger charge is -2.12. The highest BCUT2D eigenvalue weighted by Crippen LogP contribution is 2.15. The van der Waals surface area contributed by atoms with Crippen molar-refractivity contribution in [3.05, 3.63) is 12.7 Å². The number of aliphatic hydroxyl groups is 1. The van der Waals surface area contributed by atoms with Gasteiger partial charge in [0.1, 0.15) is 0 Å². The van der Waals surface area contributed by atoms with Crippen LogP contribution in [0.2, 0.25) is 0 Å². The molecule has 0 amide bonds. The van der Waals surface area contributed by atoms with Crippen molar-refractivity contribution in [1.29, 1.82) is 0 Å². The summed E-state index contributed by atoms with van der Waals surface area (Å²) in [5, 5.41) is 9.11. The lowest BCUT2D eigenvalue weighted by Crippen LogP contribution is -2.22. The second kappa shape index (κ2) is 2.50. The summed E-state index contributed by atoms with van der Waals surface area (Å²) in [4.78, 5) is 2.11. The molecule has 0 radical (unpaired) electrons. The highest BCUT2D eigenvalue weighted by atomic mass is 16.3. The fourth-order valence-electron chi connectivity index (χ4n) is 1.28. The van der Waals surface area contributed by atoms with Crippen LogP contribution in [-0.2, 0) is 0 Å². The van der Waals surface area contributed by atoms with Gasteiger partial charge in [-0.2, -0.15) is 0 Å². The van der Waals surface area contributed by atoms with Gasteiger partial charge >= 0.3 is 0 Å². The van der Waals surface area contributed by atoms with Crippen LogP contribution in [0.15, 0.2) is 12.7 Å². The SMILES string of the molecule is C=C[C@H]1C[C@@H](O)CN1C. The van der Waals surface area contributed by atoms with Gasteiger partial charge in [0.25, 0.3) is 0 Å². The molecular weight excluding hydrogens is 114 g/mol. The maximum absolute atomic E-state index is 9.11. The van der Waals surface area contributed by atoms with E-state index in [9.17, 15) is 0 Å². The van der Waals surface area contributed by atoms with E-state index >= 15 is 0 Å². The first-order valence-electron chi connectivity index (χ1n) is 3.25. The highest BCUT2D eigenvalue weighted by molar-refractivity contribution is 4.94. The van der Waals surface area contributed by atoms with Crippen molar-refractivity contribution in [1.82, 2.24) is 4.90 Å². The van der Waals surface area contributed by atoms with Crippen molar-refractivity contribution in [2.75, 3.05) is 13.6 Å². The average molecular weight is 127 g/mol. The molecule has 2 atom stereocenters. The van der Waals surface area contributed by atoms with E-state index in [-0.39, 0.29) is 6.10 Å². The first kappa shape index (κ1) is 6.78. The van der Waals surface area contributed by atoms with Crippen molar-refractivity contribution in [2.24, 2.45) is 0 Å². The Morgan fingerprint density at radius 2 is 2.44 bits per heavy atom. The van der Waals surface area contributed by atoms with Crippen LogP contribution in [0.25, 0.3) is 0 Å². The Morgan fingerprint density at radius 3 is 2.67 bits per heavy atom. The van der Waals surface area contributed by atoms with Gasteiger partial charge in [0.2, 0.25) is 0 Å². The Hall–Kier alpha value is -0.340. The molecule has 0 saturated carbocycles. The Balaban J connectivity index is 2.47. The van der Waals surface area contributed by atoms with Gasteiger partial charge in [-0.05, 0) is 13.5 Å². The lowest BCUT2D eigenvalue weighted by atomic mass is 10.2. The van der Waals surface area contributed by atoms with Crippen LogP contribution < -0.4 is 0 Å². The number of β-amino-alcohol motifs (C(OH)–C–C–N with tert-alkyl or cyclic N) is 1. The molecule has 1 rings (SSSR count). The van der Waals surface area contributed by atoms with E-state index in [1.807, 2.05) is 13.1 Å². The molecule has 0 bridgehead atoms. The summed E-state index contributed by atoms with van der Waals surface area (Å²) in [7, 11) is 2.00. The zero-order valence-electron chi connectivity index (χ0n) is 5.75. The number of aliphatic hydroxyl groups excluding tert-OH is 1. The van der Waals surface area contributed by atoms with Gasteiger partial charge in [-0.25, -0.2) is 0 Å². The molecule has 9 heavy (non-hydrogen) atoms. The normalized spacial score (nSPS) is 37.1. The number of nitrogens with zero attached hydrogens (tertiary/aromatic N) is 1. The number of hydrogen-bond donors (Lipinski definition) is 1. The number of rotatable bonds is 1. The zero-order valence-corrected chi connectivity index (χ0v) is 5.75. The maximum Gasteiger partial charge on any atom is 0.0685 e. The number of hydrogen-bond acceptors (Lipinski definition) is 2. The minimum atomic E-state index is -0.141. The second-order valence-electron chi connectivity index (χ2n) is 2.63. The summed E-state index contributed by atoms with van der Waals surface area (Å²) >= 11 is 0. The van der Waals surface area contributed by atoms with Gasteiger partial charge in [0.05, 0.1) is 6.10 Å². The van der Waals surface area contributed by atoms with Crippen molar-refractivity contribution < 1.29 is 5.11 Å². The molecule has 0 aromatic rings. The standard InChI is InChI=1S/C7H13NO/c1-3-6-4-7(9)5-8(6)2/h3,6-7,9H,1,4-5H2,2H3/t6-,7+/m0/s1. The predicted molar refractivity (Wildman–Crippen MR) is 37.2 cm³/mol. The quantitative estimate of drug-likeness (QED) is 0.510. The Labute approximate surface area is 55.8 Å². The number of likely N-dealkylation sites (N-methyl/N-ethyl adjacent to an activating group) is 1. The van der Waals surface area contributed by atoms with Crippen LogP contribution in [0, 0.1) is 0 Å². The van der Waals surface area contributed by atoms with Crippen LogP contribution in [-0.4, -0.2) is 35.7 Å². The Morgan fingerprint density at radius 1 is 1.78 bits per heavy atom. The largest absolute Gasteiger partial charge is 0.392 e. The smallest absolute Gasteiger partial charge is 0.0685 e. The fraction of sp³-hybridized carbons (Fsp3) is 0.714. The Bertz CT molecular complexity index is 113. The van der Waals surface area contributed by atoms with E-state index in [0.717, 1.165) is 13.0 Å². The lowest BCUT2D eigenvalue weighted by molar-refractivity contribution is 0.182. The molecule has 0 spiro atoms. The maximum atomic E-state index is 9.11. The third kappa shape index (κ3) is 1.32. The topological polar surface area (TPSA) is 23.5 Å². The third-order valence-electron chi connectivity index (χ3n) is 1.85. The van der Waals surface area contributed by atoms with E-state index in [2.05, 4.69) is 11.5 Å².